The van der Waals surface area contributed by atoms with E-state index < -0.39 is 0 Å². The van der Waals surface area contributed by atoms with Crippen LogP contribution in [0.15, 0.2) is 24.5 Å². The normalized spacial score (nSPS) is 9.42. The molecule has 1 aromatic heterocycles. The van der Waals surface area contributed by atoms with Gasteiger partial charge in [0, 0.05) is 6.07 Å². The summed E-state index contributed by atoms with van der Waals surface area (Å²) in [7, 11) is 1.38. The van der Waals surface area contributed by atoms with Crippen molar-refractivity contribution < 1.29 is 14.2 Å². The molecule has 12 heavy (non-hydrogen) atoms. The monoisotopic (exact) mass is 167 g/mol. The summed E-state index contributed by atoms with van der Waals surface area (Å²) >= 11 is 0. The summed E-state index contributed by atoms with van der Waals surface area (Å²) in [6.07, 6.45) is 3.85. The van der Waals surface area contributed by atoms with E-state index in [1.807, 2.05) is 18.3 Å². The largest absolute Gasteiger partial charge is 0.469 e. The molecule has 0 saturated carbocycles. The van der Waals surface area contributed by atoms with E-state index in [0.717, 1.165) is 0 Å². The van der Waals surface area contributed by atoms with Crippen LogP contribution in [-0.2, 0) is 16.1 Å². The van der Waals surface area contributed by atoms with Gasteiger partial charge in [0.05, 0.1) is 13.3 Å². The Labute approximate surface area is 70.8 Å². The lowest BCUT2D eigenvalue weighted by Crippen LogP contribution is -2.38. The molecule has 1 heterocycles. The molecule has 0 N–H and O–H groups in total. The van der Waals surface area contributed by atoms with Crippen molar-refractivity contribution in [2.24, 2.45) is 0 Å². The van der Waals surface area contributed by atoms with Crippen molar-refractivity contribution in [1.82, 2.24) is 5.10 Å². The van der Waals surface area contributed by atoms with Crippen LogP contribution in [-0.4, -0.2) is 18.2 Å². The van der Waals surface area contributed by atoms with Gasteiger partial charge in [-0.15, -0.1) is 0 Å². The number of carbonyl (C=O) groups is 1. The zero-order valence-electron chi connectivity index (χ0n) is 6.93. The van der Waals surface area contributed by atoms with Gasteiger partial charge in [-0.2, -0.15) is 0 Å². The van der Waals surface area contributed by atoms with Crippen molar-refractivity contribution in [2.75, 3.05) is 7.11 Å². The number of esters is 1. The standard InChI is InChI=1S/C8H11N2O2/c1-12-8(11)4-7-10-6-3-2-5-9-10/h2-3,5-6H,4,7H2,1H3/q+1. The predicted molar refractivity (Wildman–Crippen MR) is 41.1 cm³/mol. The van der Waals surface area contributed by atoms with Crippen molar-refractivity contribution in [3.63, 3.8) is 0 Å². The highest BCUT2D eigenvalue weighted by atomic mass is 16.5. The van der Waals surface area contributed by atoms with E-state index in [9.17, 15) is 4.79 Å². The van der Waals surface area contributed by atoms with Crippen molar-refractivity contribution in [1.29, 1.82) is 0 Å². The lowest BCUT2D eigenvalue weighted by atomic mass is 10.4. The topological polar surface area (TPSA) is 43.1 Å². The van der Waals surface area contributed by atoms with E-state index >= 15 is 0 Å². The SMILES string of the molecule is COC(=O)CC[n+]1ccccn1. The number of methoxy groups -OCH3 is 1. The molecule has 0 aliphatic heterocycles. The molecule has 0 unspecified atom stereocenters. The molecule has 0 fully saturated rings. The maximum atomic E-state index is 10.7. The van der Waals surface area contributed by atoms with Gasteiger partial charge in [0.25, 0.3) is 0 Å². The van der Waals surface area contributed by atoms with Gasteiger partial charge in [-0.3, -0.25) is 4.79 Å². The van der Waals surface area contributed by atoms with Gasteiger partial charge < -0.3 is 4.74 Å². The first kappa shape index (κ1) is 8.64. The second-order valence-electron chi connectivity index (χ2n) is 2.29. The van der Waals surface area contributed by atoms with E-state index in [2.05, 4.69) is 9.84 Å². The van der Waals surface area contributed by atoms with Gasteiger partial charge in [0.2, 0.25) is 0 Å². The Morgan fingerprint density at radius 1 is 1.58 bits per heavy atom. The minimum absolute atomic E-state index is 0.215. The maximum absolute atomic E-state index is 10.7. The summed E-state index contributed by atoms with van der Waals surface area (Å²) < 4.78 is 6.18. The number of ether oxygens (including phenoxy) is 1. The first-order valence-corrected chi connectivity index (χ1v) is 3.70. The summed E-state index contributed by atoms with van der Waals surface area (Å²) in [6, 6.07) is 3.69. The van der Waals surface area contributed by atoms with Gasteiger partial charge in [0.1, 0.15) is 6.42 Å². The Balaban J connectivity index is 2.38. The van der Waals surface area contributed by atoms with E-state index in [1.165, 1.54) is 7.11 Å². The van der Waals surface area contributed by atoms with Gasteiger partial charge >= 0.3 is 5.97 Å². The van der Waals surface area contributed by atoms with Crippen LogP contribution in [0, 0.1) is 0 Å². The van der Waals surface area contributed by atoms with Crippen LogP contribution in [0.4, 0.5) is 0 Å². The number of rotatable bonds is 3. The summed E-state index contributed by atoms with van der Waals surface area (Å²) in [5.74, 6) is -0.215. The van der Waals surface area contributed by atoms with Crippen LogP contribution in [0.25, 0.3) is 0 Å². The number of hydrogen-bond donors (Lipinski definition) is 0. The molecule has 0 aliphatic rings. The predicted octanol–water partition coefficient (Wildman–Crippen LogP) is -0.0678. The third-order valence-corrected chi connectivity index (χ3v) is 1.44. The van der Waals surface area contributed by atoms with Crippen LogP contribution in [0.5, 0.6) is 0 Å². The molecule has 0 atom stereocenters. The molecule has 0 amide bonds. The molecule has 0 aliphatic carbocycles. The van der Waals surface area contributed by atoms with Crippen LogP contribution < -0.4 is 4.68 Å². The lowest BCUT2D eigenvalue weighted by Gasteiger charge is -1.93. The quantitative estimate of drug-likeness (QED) is 0.467. The van der Waals surface area contributed by atoms with E-state index in [0.29, 0.717) is 13.0 Å². The molecule has 0 radical (unpaired) electrons. The van der Waals surface area contributed by atoms with Crippen LogP contribution >= 0.6 is 0 Å². The van der Waals surface area contributed by atoms with Crippen molar-refractivity contribution in [2.45, 2.75) is 13.0 Å². The third kappa shape index (κ3) is 2.65. The average Bonchev–Trinajstić information content (AvgIpc) is 2.16. The molecule has 1 aromatic rings. The summed E-state index contributed by atoms with van der Waals surface area (Å²) in [5, 5.41) is 3.99. The first-order chi connectivity index (χ1) is 5.83. The molecule has 64 valence electrons. The Kier molecular flexibility index (Phi) is 3.19. The minimum Gasteiger partial charge on any atom is -0.469 e. The molecular formula is C8H11N2O2+. The van der Waals surface area contributed by atoms with Crippen molar-refractivity contribution >= 4 is 5.97 Å². The van der Waals surface area contributed by atoms with E-state index in [-0.39, 0.29) is 5.97 Å². The molecule has 0 bridgehead atoms. The number of hydrogen-bond acceptors (Lipinski definition) is 3. The molecule has 4 heteroatoms. The summed E-state index contributed by atoms with van der Waals surface area (Å²) in [6.45, 7) is 0.563. The fourth-order valence-corrected chi connectivity index (χ4v) is 0.802. The number of aryl methyl sites for hydroxylation is 1. The van der Waals surface area contributed by atoms with Crippen LogP contribution in [0.3, 0.4) is 0 Å². The maximum Gasteiger partial charge on any atom is 0.312 e. The van der Waals surface area contributed by atoms with E-state index in [4.69, 9.17) is 0 Å². The lowest BCUT2D eigenvalue weighted by molar-refractivity contribution is -0.753. The Hall–Kier alpha value is -1.45. The number of nitrogens with zero attached hydrogens (tertiary/aromatic N) is 2. The number of carbonyl (C=O) groups excluding carboxylic acids is 1. The fraction of sp³-hybridized carbons (Fsp3) is 0.375. The summed E-state index contributed by atoms with van der Waals surface area (Å²) in [4.78, 5) is 10.7. The van der Waals surface area contributed by atoms with Crippen molar-refractivity contribution in [3.8, 4) is 0 Å². The Bertz CT molecular complexity index is 248. The van der Waals surface area contributed by atoms with E-state index in [1.54, 1.807) is 10.9 Å². The van der Waals surface area contributed by atoms with Crippen molar-refractivity contribution in [3.05, 3.63) is 24.5 Å². The highest BCUT2D eigenvalue weighted by molar-refractivity contribution is 5.68. The zero-order valence-corrected chi connectivity index (χ0v) is 6.93. The molecule has 0 spiro atoms. The van der Waals surface area contributed by atoms with Crippen LogP contribution in [0.1, 0.15) is 6.42 Å². The third-order valence-electron chi connectivity index (χ3n) is 1.44. The summed E-state index contributed by atoms with van der Waals surface area (Å²) in [5.41, 5.74) is 0. The molecule has 1 rings (SSSR count). The molecule has 4 nitrogen and oxygen atoms in total. The second kappa shape index (κ2) is 4.43. The second-order valence-corrected chi connectivity index (χ2v) is 2.29. The Morgan fingerprint density at radius 3 is 3.00 bits per heavy atom. The molecular weight excluding hydrogens is 156 g/mol. The fourth-order valence-electron chi connectivity index (χ4n) is 0.802. The first-order valence-electron chi connectivity index (χ1n) is 3.70. The average molecular weight is 167 g/mol. The van der Waals surface area contributed by atoms with Gasteiger partial charge in [0.15, 0.2) is 12.7 Å². The minimum atomic E-state index is -0.215. The molecule has 0 aromatic carbocycles. The van der Waals surface area contributed by atoms with Gasteiger partial charge in [-0.05, 0) is 11.2 Å². The Morgan fingerprint density at radius 2 is 2.42 bits per heavy atom. The smallest absolute Gasteiger partial charge is 0.312 e. The molecule has 0 saturated heterocycles. The van der Waals surface area contributed by atoms with Gasteiger partial charge in [-0.1, -0.05) is 4.68 Å². The van der Waals surface area contributed by atoms with Crippen LogP contribution in [0.2, 0.25) is 0 Å². The van der Waals surface area contributed by atoms with Gasteiger partial charge in [-0.25, -0.2) is 0 Å². The zero-order chi connectivity index (χ0) is 8.81. The highest BCUT2D eigenvalue weighted by Crippen LogP contribution is 1.82. The number of aromatic nitrogens is 2. The highest BCUT2D eigenvalue weighted by Gasteiger charge is 2.05.